The van der Waals surface area contributed by atoms with Crippen LogP contribution < -0.4 is 5.73 Å². The third kappa shape index (κ3) is 2.39. The molecule has 0 amide bonds. The van der Waals surface area contributed by atoms with E-state index in [-0.39, 0.29) is 0 Å². The molecule has 2 aromatic heterocycles. The molecular weight excluding hydrogens is 218 g/mol. The molecule has 0 radical (unpaired) electrons. The molecule has 0 saturated heterocycles. The van der Waals surface area contributed by atoms with Gasteiger partial charge in [-0.1, -0.05) is 0 Å². The number of nitrogens with two attached hydrogens (primary N) is 1. The van der Waals surface area contributed by atoms with Crippen molar-refractivity contribution < 1.29 is 0 Å². The smallest absolute Gasteiger partial charge is 0.0934 e. The average molecular weight is 233 g/mol. The number of hydrogen-bond acceptors (Lipinski definition) is 4. The first-order valence-corrected chi connectivity index (χ1v) is 6.09. The van der Waals surface area contributed by atoms with E-state index in [2.05, 4.69) is 16.9 Å². The van der Waals surface area contributed by atoms with Gasteiger partial charge in [0, 0.05) is 29.4 Å². The lowest BCUT2D eigenvalue weighted by Crippen LogP contribution is -1.97. The summed E-state index contributed by atoms with van der Waals surface area (Å²) in [5, 5.41) is 1.18. The zero-order valence-electron chi connectivity index (χ0n) is 9.53. The Kier molecular flexibility index (Phi) is 3.19. The van der Waals surface area contributed by atoms with Gasteiger partial charge < -0.3 is 5.73 Å². The molecule has 4 heteroatoms. The Morgan fingerprint density at radius 2 is 2.12 bits per heavy atom. The van der Waals surface area contributed by atoms with E-state index >= 15 is 0 Å². The molecule has 0 spiro atoms. The van der Waals surface area contributed by atoms with Crippen molar-refractivity contribution in [2.75, 3.05) is 5.73 Å². The van der Waals surface area contributed by atoms with Gasteiger partial charge in [0.2, 0.25) is 0 Å². The van der Waals surface area contributed by atoms with Crippen LogP contribution in [0.5, 0.6) is 0 Å². The fraction of sp³-hybridized carbons (Fsp3) is 0.333. The molecule has 0 aromatic carbocycles. The van der Waals surface area contributed by atoms with E-state index in [1.807, 2.05) is 19.2 Å². The minimum atomic E-state index is 0.819. The lowest BCUT2D eigenvalue weighted by molar-refractivity contribution is 0.930. The number of hydrogen-bond donors (Lipinski definition) is 1. The van der Waals surface area contributed by atoms with Gasteiger partial charge in [0.15, 0.2) is 0 Å². The summed E-state index contributed by atoms with van der Waals surface area (Å²) in [4.78, 5) is 9.90. The average Bonchev–Trinajstić information content (AvgIpc) is 2.57. The molecule has 2 N–H and O–H groups in total. The molecule has 3 nitrogen and oxygen atoms in total. The molecule has 0 aliphatic rings. The highest BCUT2D eigenvalue weighted by Gasteiger charge is 2.05. The fourth-order valence-electron chi connectivity index (χ4n) is 1.53. The fourth-order valence-corrected chi connectivity index (χ4v) is 2.47. The molecular formula is C12H15N3S. The minimum absolute atomic E-state index is 0.819. The number of nitrogen functional groups attached to an aromatic ring is 1. The Hall–Kier alpha value is -1.42. The van der Waals surface area contributed by atoms with E-state index < -0.39 is 0 Å². The number of nitrogens with zero attached hydrogens (tertiary/aromatic N) is 2. The highest BCUT2D eigenvalue weighted by Crippen LogP contribution is 2.19. The van der Waals surface area contributed by atoms with Crippen LogP contribution in [0.2, 0.25) is 0 Å². The zero-order valence-corrected chi connectivity index (χ0v) is 10.3. The first-order valence-electron chi connectivity index (χ1n) is 5.28. The number of aryl methyl sites for hydroxylation is 4. The maximum absolute atomic E-state index is 5.86. The molecule has 2 aromatic rings. The van der Waals surface area contributed by atoms with Crippen LogP contribution in [-0.4, -0.2) is 9.97 Å². The van der Waals surface area contributed by atoms with Gasteiger partial charge in [0.05, 0.1) is 10.7 Å². The van der Waals surface area contributed by atoms with Crippen molar-refractivity contribution in [3.63, 3.8) is 0 Å². The highest BCUT2D eigenvalue weighted by molar-refractivity contribution is 7.11. The Labute approximate surface area is 99.4 Å². The second kappa shape index (κ2) is 4.61. The van der Waals surface area contributed by atoms with E-state index in [0.717, 1.165) is 29.8 Å². The molecule has 0 fully saturated rings. The number of thiazole rings is 1. The van der Waals surface area contributed by atoms with E-state index in [1.165, 1.54) is 9.88 Å². The number of rotatable bonds is 3. The topological polar surface area (TPSA) is 51.8 Å². The summed E-state index contributed by atoms with van der Waals surface area (Å²) in [6.45, 7) is 4.16. The highest BCUT2D eigenvalue weighted by atomic mass is 32.1. The van der Waals surface area contributed by atoms with E-state index in [0.29, 0.717) is 0 Å². The van der Waals surface area contributed by atoms with E-state index in [4.69, 9.17) is 5.73 Å². The van der Waals surface area contributed by atoms with Crippen LogP contribution in [0.25, 0.3) is 0 Å². The summed E-state index contributed by atoms with van der Waals surface area (Å²) >= 11 is 1.77. The van der Waals surface area contributed by atoms with Gasteiger partial charge in [0.25, 0.3) is 0 Å². The first-order chi connectivity index (χ1) is 7.66. The summed E-state index contributed by atoms with van der Waals surface area (Å²) in [7, 11) is 0. The lowest BCUT2D eigenvalue weighted by atomic mass is 10.1. The van der Waals surface area contributed by atoms with Gasteiger partial charge in [-0.25, -0.2) is 4.98 Å². The number of pyridine rings is 1. The van der Waals surface area contributed by atoms with Crippen LogP contribution in [0.15, 0.2) is 18.5 Å². The van der Waals surface area contributed by atoms with Crippen molar-refractivity contribution in [1.29, 1.82) is 0 Å². The predicted molar refractivity (Wildman–Crippen MR) is 67.6 cm³/mol. The predicted octanol–water partition coefficient (Wildman–Crippen LogP) is 2.52. The van der Waals surface area contributed by atoms with Crippen LogP contribution in [0.3, 0.4) is 0 Å². The van der Waals surface area contributed by atoms with Crippen LogP contribution in [-0.2, 0) is 12.8 Å². The first kappa shape index (κ1) is 11.1. The minimum Gasteiger partial charge on any atom is -0.398 e. The van der Waals surface area contributed by atoms with Gasteiger partial charge in [-0.15, -0.1) is 11.3 Å². The second-order valence-electron chi connectivity index (χ2n) is 3.82. The molecule has 0 unspecified atom stereocenters. The summed E-state index contributed by atoms with van der Waals surface area (Å²) in [5.41, 5.74) is 8.92. The van der Waals surface area contributed by atoms with E-state index in [1.54, 1.807) is 17.5 Å². The van der Waals surface area contributed by atoms with E-state index in [9.17, 15) is 0 Å². The largest absolute Gasteiger partial charge is 0.398 e. The van der Waals surface area contributed by atoms with Gasteiger partial charge in [0.1, 0.15) is 0 Å². The van der Waals surface area contributed by atoms with Crippen molar-refractivity contribution in [1.82, 2.24) is 9.97 Å². The Morgan fingerprint density at radius 1 is 1.31 bits per heavy atom. The Morgan fingerprint density at radius 3 is 2.75 bits per heavy atom. The molecule has 0 saturated carbocycles. The Balaban J connectivity index is 2.05. The van der Waals surface area contributed by atoms with Crippen LogP contribution in [0.1, 0.15) is 21.1 Å². The van der Waals surface area contributed by atoms with Gasteiger partial charge in [-0.05, 0) is 31.9 Å². The summed E-state index contributed by atoms with van der Waals surface area (Å²) in [6, 6.07) is 1.84. The SMILES string of the molecule is Cc1nc(CCc2cnccc2N)sc1C. The second-order valence-corrected chi connectivity index (χ2v) is 5.11. The van der Waals surface area contributed by atoms with Gasteiger partial charge in [-0.2, -0.15) is 0 Å². The number of aromatic nitrogens is 2. The Bertz CT molecular complexity index is 471. The molecule has 0 aliphatic carbocycles. The van der Waals surface area contributed by atoms with Crippen LogP contribution in [0, 0.1) is 13.8 Å². The normalized spacial score (nSPS) is 10.6. The van der Waals surface area contributed by atoms with Crippen LogP contribution in [0.4, 0.5) is 5.69 Å². The summed E-state index contributed by atoms with van der Waals surface area (Å²) in [5.74, 6) is 0. The molecule has 2 rings (SSSR count). The molecule has 0 atom stereocenters. The monoisotopic (exact) mass is 233 g/mol. The van der Waals surface area contributed by atoms with Crippen molar-refractivity contribution in [3.8, 4) is 0 Å². The van der Waals surface area contributed by atoms with Crippen molar-refractivity contribution in [2.45, 2.75) is 26.7 Å². The zero-order chi connectivity index (χ0) is 11.5. The third-order valence-electron chi connectivity index (χ3n) is 2.62. The molecule has 0 aliphatic heterocycles. The standard InChI is InChI=1S/C12H15N3S/c1-8-9(2)16-12(15-8)4-3-10-7-14-6-5-11(10)13/h5-7H,3-4H2,1-2H3,(H2,13,14). The van der Waals surface area contributed by atoms with Crippen molar-refractivity contribution >= 4 is 17.0 Å². The van der Waals surface area contributed by atoms with Gasteiger partial charge in [-0.3, -0.25) is 4.98 Å². The maximum Gasteiger partial charge on any atom is 0.0934 e. The van der Waals surface area contributed by atoms with Crippen molar-refractivity contribution in [2.24, 2.45) is 0 Å². The van der Waals surface area contributed by atoms with Crippen LogP contribution >= 0.6 is 11.3 Å². The number of anilines is 1. The third-order valence-corrected chi connectivity index (χ3v) is 3.75. The molecule has 84 valence electrons. The summed E-state index contributed by atoms with van der Waals surface area (Å²) < 4.78 is 0. The van der Waals surface area contributed by atoms with Gasteiger partial charge >= 0.3 is 0 Å². The molecule has 0 bridgehead atoms. The maximum atomic E-state index is 5.86. The molecule has 2 heterocycles. The lowest BCUT2D eigenvalue weighted by Gasteiger charge is -2.02. The van der Waals surface area contributed by atoms with Crippen molar-refractivity contribution in [3.05, 3.63) is 39.6 Å². The quantitative estimate of drug-likeness (QED) is 0.886. The molecule has 16 heavy (non-hydrogen) atoms. The summed E-state index contributed by atoms with van der Waals surface area (Å²) in [6.07, 6.45) is 5.40.